The van der Waals surface area contributed by atoms with Crippen LogP contribution in [0.1, 0.15) is 6.42 Å². The van der Waals surface area contributed by atoms with Crippen molar-refractivity contribution in [3.63, 3.8) is 0 Å². The third-order valence-corrected chi connectivity index (χ3v) is 2.22. The maximum absolute atomic E-state index is 11.4. The van der Waals surface area contributed by atoms with Crippen LogP contribution >= 0.6 is 0 Å². The van der Waals surface area contributed by atoms with E-state index in [1.807, 2.05) is 18.2 Å². The zero-order valence-corrected chi connectivity index (χ0v) is 10.8. The monoisotopic (exact) mass is 280 g/mol. The van der Waals surface area contributed by atoms with Gasteiger partial charge >= 0.3 is 5.97 Å². The Morgan fingerprint density at radius 3 is 2.30 bits per heavy atom. The first-order valence-electron chi connectivity index (χ1n) is 6.01. The van der Waals surface area contributed by atoms with Crippen molar-refractivity contribution < 1.29 is 24.2 Å². The second-order valence-electron chi connectivity index (χ2n) is 3.86. The first kappa shape index (κ1) is 15.5. The van der Waals surface area contributed by atoms with Crippen LogP contribution in [0.3, 0.4) is 0 Å². The third kappa shape index (κ3) is 7.00. The van der Waals surface area contributed by atoms with Crippen molar-refractivity contribution in [1.29, 1.82) is 0 Å². The van der Waals surface area contributed by atoms with Crippen molar-refractivity contribution in [1.82, 2.24) is 10.6 Å². The number of rotatable bonds is 8. The summed E-state index contributed by atoms with van der Waals surface area (Å²) in [6.45, 7) is -0.518. The molecule has 0 aliphatic rings. The summed E-state index contributed by atoms with van der Waals surface area (Å²) >= 11 is 0. The highest BCUT2D eigenvalue weighted by atomic mass is 16.5. The highest BCUT2D eigenvalue weighted by Gasteiger charge is 2.06. The molecule has 1 rings (SSSR count). The summed E-state index contributed by atoms with van der Waals surface area (Å²) in [4.78, 5) is 32.7. The SMILES string of the molecule is O=C(O)CNC(=O)CNC(=O)CCOc1ccccc1. The molecule has 20 heavy (non-hydrogen) atoms. The van der Waals surface area contributed by atoms with E-state index in [2.05, 4.69) is 10.6 Å². The van der Waals surface area contributed by atoms with Gasteiger partial charge in [0.05, 0.1) is 19.6 Å². The van der Waals surface area contributed by atoms with Gasteiger partial charge in [0.15, 0.2) is 0 Å². The van der Waals surface area contributed by atoms with Gasteiger partial charge in [-0.2, -0.15) is 0 Å². The fourth-order valence-electron chi connectivity index (χ4n) is 1.28. The molecule has 108 valence electrons. The van der Waals surface area contributed by atoms with Gasteiger partial charge < -0.3 is 20.5 Å². The van der Waals surface area contributed by atoms with Crippen molar-refractivity contribution in [2.45, 2.75) is 6.42 Å². The Kier molecular flexibility index (Phi) is 6.60. The molecule has 0 aliphatic carbocycles. The highest BCUT2D eigenvalue weighted by molar-refractivity contribution is 5.86. The molecule has 7 nitrogen and oxygen atoms in total. The largest absolute Gasteiger partial charge is 0.493 e. The molecule has 0 fully saturated rings. The van der Waals surface area contributed by atoms with Crippen molar-refractivity contribution in [2.24, 2.45) is 0 Å². The molecule has 1 aromatic rings. The average molecular weight is 280 g/mol. The first-order valence-corrected chi connectivity index (χ1v) is 6.01. The minimum Gasteiger partial charge on any atom is -0.493 e. The van der Waals surface area contributed by atoms with Crippen molar-refractivity contribution in [3.8, 4) is 5.75 Å². The maximum Gasteiger partial charge on any atom is 0.322 e. The molecule has 0 saturated carbocycles. The molecule has 2 amide bonds. The first-order chi connectivity index (χ1) is 9.58. The summed E-state index contributed by atoms with van der Waals surface area (Å²) in [7, 11) is 0. The van der Waals surface area contributed by atoms with E-state index in [9.17, 15) is 14.4 Å². The summed E-state index contributed by atoms with van der Waals surface area (Å²) in [5, 5.41) is 12.8. The Morgan fingerprint density at radius 2 is 1.65 bits per heavy atom. The minimum absolute atomic E-state index is 0.112. The molecular formula is C13H16N2O5. The molecule has 3 N–H and O–H groups in total. The topological polar surface area (TPSA) is 105 Å². The summed E-state index contributed by atoms with van der Waals surface area (Å²) < 4.78 is 5.32. The number of ether oxygens (including phenoxy) is 1. The molecule has 0 saturated heterocycles. The van der Waals surface area contributed by atoms with Gasteiger partial charge in [-0.3, -0.25) is 14.4 Å². The van der Waals surface area contributed by atoms with E-state index in [0.717, 1.165) is 0 Å². The predicted octanol–water partition coefficient (Wildman–Crippen LogP) is -0.227. The van der Waals surface area contributed by atoms with Crippen LogP contribution in [-0.4, -0.2) is 42.6 Å². The molecule has 0 unspecified atom stereocenters. The summed E-state index contributed by atoms with van der Waals surface area (Å²) in [6.07, 6.45) is 0.112. The van der Waals surface area contributed by atoms with E-state index >= 15 is 0 Å². The minimum atomic E-state index is -1.14. The summed E-state index contributed by atoms with van der Waals surface area (Å²) in [5.41, 5.74) is 0. The highest BCUT2D eigenvalue weighted by Crippen LogP contribution is 2.08. The lowest BCUT2D eigenvalue weighted by Crippen LogP contribution is -2.39. The van der Waals surface area contributed by atoms with Gasteiger partial charge in [0.2, 0.25) is 11.8 Å². The molecule has 0 aliphatic heterocycles. The molecule has 1 aromatic carbocycles. The molecule has 7 heteroatoms. The number of hydrogen-bond acceptors (Lipinski definition) is 4. The van der Waals surface area contributed by atoms with Crippen LogP contribution in [-0.2, 0) is 14.4 Å². The Balaban J connectivity index is 2.11. The molecule has 0 radical (unpaired) electrons. The number of para-hydroxylation sites is 1. The molecule has 0 bridgehead atoms. The van der Waals surface area contributed by atoms with E-state index in [1.54, 1.807) is 12.1 Å². The molecule has 0 aromatic heterocycles. The Morgan fingerprint density at radius 1 is 1.00 bits per heavy atom. The van der Waals surface area contributed by atoms with Crippen LogP contribution in [0, 0.1) is 0 Å². The molecule has 0 spiro atoms. The number of aliphatic carboxylic acids is 1. The fourth-order valence-corrected chi connectivity index (χ4v) is 1.28. The van der Waals surface area contributed by atoms with Gasteiger partial charge in [-0.25, -0.2) is 0 Å². The molecular weight excluding hydrogens is 264 g/mol. The normalized spacial score (nSPS) is 9.60. The van der Waals surface area contributed by atoms with Crippen LogP contribution in [0.2, 0.25) is 0 Å². The van der Waals surface area contributed by atoms with Gasteiger partial charge in [-0.1, -0.05) is 18.2 Å². The number of carboxylic acids is 1. The van der Waals surface area contributed by atoms with Crippen LogP contribution in [0.25, 0.3) is 0 Å². The van der Waals surface area contributed by atoms with Crippen LogP contribution < -0.4 is 15.4 Å². The Bertz CT molecular complexity index is 461. The quantitative estimate of drug-likeness (QED) is 0.610. The Hall–Kier alpha value is -2.57. The standard InChI is InChI=1S/C13H16N2O5/c16-11(14-8-12(17)15-9-13(18)19)6-7-20-10-4-2-1-3-5-10/h1-5H,6-9H2,(H,14,16)(H,15,17)(H,18,19). The van der Waals surface area contributed by atoms with Gasteiger partial charge in [-0.05, 0) is 12.1 Å². The van der Waals surface area contributed by atoms with Crippen molar-refractivity contribution in [2.75, 3.05) is 19.7 Å². The lowest BCUT2D eigenvalue weighted by Gasteiger charge is -2.07. The van der Waals surface area contributed by atoms with E-state index < -0.39 is 18.4 Å². The van der Waals surface area contributed by atoms with Gasteiger partial charge in [-0.15, -0.1) is 0 Å². The number of benzene rings is 1. The predicted molar refractivity (Wildman–Crippen MR) is 70.2 cm³/mol. The van der Waals surface area contributed by atoms with Crippen LogP contribution in [0.15, 0.2) is 30.3 Å². The van der Waals surface area contributed by atoms with Gasteiger partial charge in [0.1, 0.15) is 12.3 Å². The van der Waals surface area contributed by atoms with E-state index in [-0.39, 0.29) is 25.5 Å². The number of carboxylic acid groups (broad SMARTS) is 1. The summed E-state index contributed by atoms with van der Waals surface area (Å²) in [5.74, 6) is -1.36. The van der Waals surface area contributed by atoms with Gasteiger partial charge in [0.25, 0.3) is 0 Å². The lowest BCUT2D eigenvalue weighted by molar-refractivity contribution is -0.137. The second-order valence-corrected chi connectivity index (χ2v) is 3.86. The zero-order valence-electron chi connectivity index (χ0n) is 10.8. The molecule has 0 atom stereocenters. The van der Waals surface area contributed by atoms with Crippen molar-refractivity contribution in [3.05, 3.63) is 30.3 Å². The molecule has 0 heterocycles. The number of amides is 2. The Labute approximate surface area is 115 Å². The van der Waals surface area contributed by atoms with E-state index in [0.29, 0.717) is 5.75 Å². The fraction of sp³-hybridized carbons (Fsp3) is 0.308. The van der Waals surface area contributed by atoms with Gasteiger partial charge in [0, 0.05) is 0 Å². The smallest absolute Gasteiger partial charge is 0.322 e. The number of nitrogens with one attached hydrogen (secondary N) is 2. The second kappa shape index (κ2) is 8.52. The average Bonchev–Trinajstić information content (AvgIpc) is 2.44. The zero-order chi connectivity index (χ0) is 14.8. The number of carbonyl (C=O) groups is 3. The maximum atomic E-state index is 11.4. The summed E-state index contributed by atoms with van der Waals surface area (Å²) in [6, 6.07) is 9.05. The number of carbonyl (C=O) groups excluding carboxylic acids is 2. The third-order valence-electron chi connectivity index (χ3n) is 2.22. The van der Waals surface area contributed by atoms with Crippen molar-refractivity contribution >= 4 is 17.8 Å². The van der Waals surface area contributed by atoms with E-state index in [4.69, 9.17) is 9.84 Å². The lowest BCUT2D eigenvalue weighted by atomic mass is 10.3. The van der Waals surface area contributed by atoms with E-state index in [1.165, 1.54) is 0 Å². The van der Waals surface area contributed by atoms with Crippen LogP contribution in [0.5, 0.6) is 5.75 Å². The van der Waals surface area contributed by atoms with Crippen LogP contribution in [0.4, 0.5) is 0 Å². The number of hydrogen-bond donors (Lipinski definition) is 3.